The van der Waals surface area contributed by atoms with E-state index in [0.29, 0.717) is 39.1 Å². The van der Waals surface area contributed by atoms with Crippen LogP contribution in [0.4, 0.5) is 0 Å². The molecule has 1 rings (SSSR count). The first kappa shape index (κ1) is 14.9. The standard InChI is InChI=1S/C11H24N2O3S/c1-4-13(11(2,3)9-12)17(14,15)10-5-7-16-8-6-10/h10H,4-9,12H2,1-3H3. The molecule has 0 radical (unpaired) electrons. The molecule has 0 spiro atoms. The highest BCUT2D eigenvalue weighted by atomic mass is 32.2. The van der Waals surface area contributed by atoms with Crippen LogP contribution >= 0.6 is 0 Å². The lowest BCUT2D eigenvalue weighted by Crippen LogP contribution is -2.55. The average Bonchev–Trinajstić information content (AvgIpc) is 2.30. The van der Waals surface area contributed by atoms with Gasteiger partial charge in [-0.1, -0.05) is 6.92 Å². The SMILES string of the molecule is CCN(C(C)(C)CN)S(=O)(=O)C1CCOCC1. The smallest absolute Gasteiger partial charge is 0.217 e. The maximum absolute atomic E-state index is 12.5. The number of hydrogen-bond acceptors (Lipinski definition) is 4. The summed E-state index contributed by atoms with van der Waals surface area (Å²) in [6, 6.07) is 0. The van der Waals surface area contributed by atoms with Crippen molar-refractivity contribution in [2.45, 2.75) is 44.4 Å². The van der Waals surface area contributed by atoms with E-state index in [1.54, 1.807) is 0 Å². The summed E-state index contributed by atoms with van der Waals surface area (Å²) in [6.45, 7) is 7.44. The number of rotatable bonds is 5. The molecule has 1 aliphatic heterocycles. The minimum Gasteiger partial charge on any atom is -0.381 e. The van der Waals surface area contributed by atoms with Crippen molar-refractivity contribution < 1.29 is 13.2 Å². The van der Waals surface area contributed by atoms with Gasteiger partial charge in [0.15, 0.2) is 0 Å². The highest BCUT2D eigenvalue weighted by Crippen LogP contribution is 2.25. The van der Waals surface area contributed by atoms with Gasteiger partial charge in [0.1, 0.15) is 0 Å². The third-order valence-corrected chi connectivity index (χ3v) is 6.04. The highest BCUT2D eigenvalue weighted by molar-refractivity contribution is 7.89. The van der Waals surface area contributed by atoms with Crippen LogP contribution in [0.15, 0.2) is 0 Å². The Morgan fingerprint density at radius 3 is 2.29 bits per heavy atom. The van der Waals surface area contributed by atoms with Crippen LogP contribution in [-0.2, 0) is 14.8 Å². The second kappa shape index (κ2) is 5.65. The van der Waals surface area contributed by atoms with Crippen molar-refractivity contribution in [3.05, 3.63) is 0 Å². The van der Waals surface area contributed by atoms with Crippen LogP contribution in [0.2, 0.25) is 0 Å². The van der Waals surface area contributed by atoms with Crippen molar-refractivity contribution in [3.8, 4) is 0 Å². The van der Waals surface area contributed by atoms with Crippen LogP contribution in [0.1, 0.15) is 33.6 Å². The fourth-order valence-electron chi connectivity index (χ4n) is 2.21. The Labute approximate surface area is 104 Å². The molecule has 1 saturated heterocycles. The number of nitrogens with zero attached hydrogens (tertiary/aromatic N) is 1. The van der Waals surface area contributed by atoms with Crippen LogP contribution in [0.5, 0.6) is 0 Å². The van der Waals surface area contributed by atoms with E-state index < -0.39 is 15.6 Å². The van der Waals surface area contributed by atoms with Gasteiger partial charge in [-0.05, 0) is 26.7 Å². The summed E-state index contributed by atoms with van der Waals surface area (Å²) >= 11 is 0. The van der Waals surface area contributed by atoms with Gasteiger partial charge in [-0.2, -0.15) is 4.31 Å². The molecule has 0 aromatic carbocycles. The maximum atomic E-state index is 12.5. The molecule has 1 fully saturated rings. The number of likely N-dealkylation sites (N-methyl/N-ethyl adjacent to an activating group) is 1. The number of nitrogens with two attached hydrogens (primary N) is 1. The lowest BCUT2D eigenvalue weighted by Gasteiger charge is -2.39. The molecule has 5 nitrogen and oxygen atoms in total. The molecule has 6 heteroatoms. The van der Waals surface area contributed by atoms with E-state index in [1.165, 1.54) is 4.31 Å². The molecule has 1 heterocycles. The van der Waals surface area contributed by atoms with Gasteiger partial charge in [-0.15, -0.1) is 0 Å². The summed E-state index contributed by atoms with van der Waals surface area (Å²) in [6.07, 6.45) is 1.17. The molecule has 0 bridgehead atoms. The lowest BCUT2D eigenvalue weighted by atomic mass is 10.1. The Hall–Kier alpha value is -0.170. The lowest BCUT2D eigenvalue weighted by molar-refractivity contribution is 0.0960. The molecular weight excluding hydrogens is 240 g/mol. The Morgan fingerprint density at radius 1 is 1.35 bits per heavy atom. The zero-order valence-corrected chi connectivity index (χ0v) is 11.8. The Kier molecular flexibility index (Phi) is 4.95. The molecule has 102 valence electrons. The molecule has 0 aliphatic carbocycles. The molecule has 0 amide bonds. The quantitative estimate of drug-likeness (QED) is 0.787. The van der Waals surface area contributed by atoms with Gasteiger partial charge in [0.2, 0.25) is 10.0 Å². The van der Waals surface area contributed by atoms with Gasteiger partial charge in [-0.25, -0.2) is 8.42 Å². The first-order chi connectivity index (χ1) is 7.86. The van der Waals surface area contributed by atoms with Crippen molar-refractivity contribution in [2.75, 3.05) is 26.3 Å². The molecule has 0 aromatic rings. The van der Waals surface area contributed by atoms with Gasteiger partial charge >= 0.3 is 0 Å². The summed E-state index contributed by atoms with van der Waals surface area (Å²) in [5.41, 5.74) is 5.16. The van der Waals surface area contributed by atoms with Crippen molar-refractivity contribution in [1.29, 1.82) is 0 Å². The van der Waals surface area contributed by atoms with Crippen LogP contribution in [-0.4, -0.2) is 49.8 Å². The molecule has 0 saturated carbocycles. The highest BCUT2D eigenvalue weighted by Gasteiger charge is 2.39. The van der Waals surface area contributed by atoms with E-state index in [2.05, 4.69) is 0 Å². The first-order valence-electron chi connectivity index (χ1n) is 6.15. The van der Waals surface area contributed by atoms with Gasteiger partial charge < -0.3 is 10.5 Å². The largest absolute Gasteiger partial charge is 0.381 e. The Bertz CT molecular complexity index is 335. The fraction of sp³-hybridized carbons (Fsp3) is 1.00. The van der Waals surface area contributed by atoms with Crippen molar-refractivity contribution in [3.63, 3.8) is 0 Å². The van der Waals surface area contributed by atoms with Crippen molar-refractivity contribution >= 4 is 10.0 Å². The molecular formula is C11H24N2O3S. The Morgan fingerprint density at radius 2 is 1.88 bits per heavy atom. The molecule has 2 N–H and O–H groups in total. The third-order valence-electron chi connectivity index (χ3n) is 3.36. The summed E-state index contributed by atoms with van der Waals surface area (Å²) < 4.78 is 31.8. The van der Waals surface area contributed by atoms with Gasteiger partial charge in [0.25, 0.3) is 0 Å². The zero-order valence-electron chi connectivity index (χ0n) is 11.0. The van der Waals surface area contributed by atoms with Crippen LogP contribution in [0, 0.1) is 0 Å². The molecule has 17 heavy (non-hydrogen) atoms. The number of hydrogen-bond donors (Lipinski definition) is 1. The molecule has 0 atom stereocenters. The fourth-order valence-corrected chi connectivity index (χ4v) is 4.48. The first-order valence-corrected chi connectivity index (χ1v) is 7.66. The van der Waals surface area contributed by atoms with Crippen molar-refractivity contribution in [1.82, 2.24) is 4.31 Å². The maximum Gasteiger partial charge on any atom is 0.217 e. The van der Waals surface area contributed by atoms with Crippen LogP contribution in [0.25, 0.3) is 0 Å². The van der Waals surface area contributed by atoms with E-state index >= 15 is 0 Å². The zero-order chi connectivity index (χ0) is 13.1. The van der Waals surface area contributed by atoms with Crippen LogP contribution < -0.4 is 5.73 Å². The second-order valence-electron chi connectivity index (χ2n) is 5.04. The summed E-state index contributed by atoms with van der Waals surface area (Å²) in [7, 11) is -3.27. The summed E-state index contributed by atoms with van der Waals surface area (Å²) in [5, 5.41) is -0.318. The monoisotopic (exact) mass is 264 g/mol. The van der Waals surface area contributed by atoms with E-state index in [4.69, 9.17) is 10.5 Å². The molecule has 0 unspecified atom stereocenters. The summed E-state index contributed by atoms with van der Waals surface area (Å²) in [5.74, 6) is 0. The number of sulfonamides is 1. The molecule has 0 aromatic heterocycles. The topological polar surface area (TPSA) is 72.6 Å². The molecule has 1 aliphatic rings. The Balaban J connectivity index is 2.93. The normalized spacial score (nSPS) is 19.8. The van der Waals surface area contributed by atoms with E-state index in [-0.39, 0.29) is 5.25 Å². The van der Waals surface area contributed by atoms with E-state index in [0.717, 1.165) is 0 Å². The minimum absolute atomic E-state index is 0.318. The predicted molar refractivity (Wildman–Crippen MR) is 68.3 cm³/mol. The number of ether oxygens (including phenoxy) is 1. The van der Waals surface area contributed by atoms with Crippen molar-refractivity contribution in [2.24, 2.45) is 5.73 Å². The predicted octanol–water partition coefficient (Wildman–Crippen LogP) is 0.554. The van der Waals surface area contributed by atoms with Crippen LogP contribution in [0.3, 0.4) is 0 Å². The minimum atomic E-state index is -3.27. The van der Waals surface area contributed by atoms with Gasteiger partial charge in [0, 0.05) is 31.8 Å². The average molecular weight is 264 g/mol. The third kappa shape index (κ3) is 3.19. The van der Waals surface area contributed by atoms with Gasteiger partial charge in [0.05, 0.1) is 5.25 Å². The van der Waals surface area contributed by atoms with E-state index in [1.807, 2.05) is 20.8 Å². The van der Waals surface area contributed by atoms with E-state index in [9.17, 15) is 8.42 Å². The summed E-state index contributed by atoms with van der Waals surface area (Å²) in [4.78, 5) is 0. The van der Waals surface area contributed by atoms with Gasteiger partial charge in [-0.3, -0.25) is 0 Å². The second-order valence-corrected chi connectivity index (χ2v) is 7.18.